The fourth-order valence-electron chi connectivity index (χ4n) is 2.72. The molecule has 1 aliphatic heterocycles. The largest absolute Gasteiger partial charge is 0.356 e. The van der Waals surface area contributed by atoms with Crippen LogP contribution in [0.25, 0.3) is 0 Å². The van der Waals surface area contributed by atoms with Gasteiger partial charge in [-0.25, -0.2) is 4.98 Å². The van der Waals surface area contributed by atoms with Gasteiger partial charge in [-0.1, -0.05) is 0 Å². The second-order valence-corrected chi connectivity index (χ2v) is 5.49. The number of amides is 1. The Morgan fingerprint density at radius 3 is 3.14 bits per heavy atom. The summed E-state index contributed by atoms with van der Waals surface area (Å²) in [4.78, 5) is 18.4. The number of hydrogen-bond donors (Lipinski definition) is 1. The average Bonchev–Trinajstić information content (AvgIpc) is 3.03. The number of imidazole rings is 1. The number of carbonyl (C=O) groups excluding carboxylic acids is 1. The van der Waals surface area contributed by atoms with E-state index < -0.39 is 0 Å². The molecule has 1 aromatic heterocycles. The van der Waals surface area contributed by atoms with Gasteiger partial charge in [0.05, 0.1) is 18.3 Å². The van der Waals surface area contributed by atoms with Crippen molar-refractivity contribution in [3.8, 4) is 6.07 Å². The highest BCUT2D eigenvalue weighted by molar-refractivity contribution is 5.78. The van der Waals surface area contributed by atoms with Crippen LogP contribution in [0.15, 0.2) is 18.7 Å². The normalized spacial score (nSPS) is 19.1. The highest BCUT2D eigenvalue weighted by Crippen LogP contribution is 2.16. The Bertz CT molecular complexity index is 465. The van der Waals surface area contributed by atoms with E-state index in [0.29, 0.717) is 13.0 Å². The SMILES string of the molecule is N#CCCN1CCCC(C(=O)NCCCn2ccnc2)C1. The van der Waals surface area contributed by atoms with Gasteiger partial charge in [-0.3, -0.25) is 4.79 Å². The molecule has 6 nitrogen and oxygen atoms in total. The smallest absolute Gasteiger partial charge is 0.224 e. The summed E-state index contributed by atoms with van der Waals surface area (Å²) in [6.07, 6.45) is 8.92. The summed E-state index contributed by atoms with van der Waals surface area (Å²) in [5.74, 6) is 0.230. The molecule has 2 heterocycles. The molecule has 6 heteroatoms. The van der Waals surface area contributed by atoms with Crippen LogP contribution in [-0.2, 0) is 11.3 Å². The van der Waals surface area contributed by atoms with Crippen molar-refractivity contribution in [3.63, 3.8) is 0 Å². The van der Waals surface area contributed by atoms with Crippen LogP contribution in [0.5, 0.6) is 0 Å². The van der Waals surface area contributed by atoms with E-state index in [1.807, 2.05) is 10.8 Å². The standard InChI is InChI=1S/C15H23N5O/c16-5-2-9-19-8-1-4-14(12-19)15(21)18-6-3-10-20-11-7-17-13-20/h7,11,13-14H,1-4,6,8-10,12H2,(H,18,21). The predicted octanol–water partition coefficient (Wildman–Crippen LogP) is 1.02. The highest BCUT2D eigenvalue weighted by atomic mass is 16.1. The van der Waals surface area contributed by atoms with Gasteiger partial charge >= 0.3 is 0 Å². The van der Waals surface area contributed by atoms with Crippen LogP contribution in [0.3, 0.4) is 0 Å². The third-order valence-corrected chi connectivity index (χ3v) is 3.87. The Hall–Kier alpha value is -1.87. The maximum atomic E-state index is 12.2. The third kappa shape index (κ3) is 5.20. The van der Waals surface area contributed by atoms with Crippen molar-refractivity contribution < 1.29 is 4.79 Å². The van der Waals surface area contributed by atoms with Crippen LogP contribution < -0.4 is 5.32 Å². The summed E-state index contributed by atoms with van der Waals surface area (Å²) in [7, 11) is 0. The second-order valence-electron chi connectivity index (χ2n) is 5.49. The molecule has 0 saturated carbocycles. The molecular formula is C15H23N5O. The van der Waals surface area contributed by atoms with E-state index >= 15 is 0 Å². The quantitative estimate of drug-likeness (QED) is 0.760. The lowest BCUT2D eigenvalue weighted by Gasteiger charge is -2.31. The lowest BCUT2D eigenvalue weighted by Crippen LogP contribution is -2.43. The minimum Gasteiger partial charge on any atom is -0.356 e. The number of hydrogen-bond acceptors (Lipinski definition) is 4. The van der Waals surface area contributed by atoms with Crippen molar-refractivity contribution in [3.05, 3.63) is 18.7 Å². The number of piperidine rings is 1. The number of nitriles is 1. The maximum Gasteiger partial charge on any atom is 0.224 e. The lowest BCUT2D eigenvalue weighted by molar-refractivity contribution is -0.126. The molecule has 0 aliphatic carbocycles. The van der Waals surface area contributed by atoms with E-state index in [9.17, 15) is 4.79 Å². The number of likely N-dealkylation sites (tertiary alicyclic amines) is 1. The second kappa shape index (κ2) is 8.42. The molecule has 2 rings (SSSR count). The van der Waals surface area contributed by atoms with Gasteiger partial charge in [-0.05, 0) is 25.8 Å². The third-order valence-electron chi connectivity index (χ3n) is 3.87. The molecular weight excluding hydrogens is 266 g/mol. The highest BCUT2D eigenvalue weighted by Gasteiger charge is 2.24. The Morgan fingerprint density at radius 2 is 2.38 bits per heavy atom. The molecule has 0 aromatic carbocycles. The zero-order valence-corrected chi connectivity index (χ0v) is 12.4. The van der Waals surface area contributed by atoms with Crippen molar-refractivity contribution >= 4 is 5.91 Å². The van der Waals surface area contributed by atoms with Crippen molar-refractivity contribution in [2.24, 2.45) is 5.92 Å². The molecule has 114 valence electrons. The minimum absolute atomic E-state index is 0.0747. The zero-order valence-electron chi connectivity index (χ0n) is 12.4. The van der Waals surface area contributed by atoms with E-state index in [0.717, 1.165) is 45.4 Å². The van der Waals surface area contributed by atoms with E-state index in [4.69, 9.17) is 5.26 Å². The van der Waals surface area contributed by atoms with E-state index in [-0.39, 0.29) is 11.8 Å². The predicted molar refractivity (Wildman–Crippen MR) is 79.2 cm³/mol. The number of carbonyl (C=O) groups is 1. The van der Waals surface area contributed by atoms with Crippen LogP contribution in [0, 0.1) is 17.2 Å². The van der Waals surface area contributed by atoms with E-state index in [1.54, 1.807) is 12.5 Å². The average molecular weight is 289 g/mol. The Balaban J connectivity index is 1.64. The molecule has 0 radical (unpaired) electrons. The fourth-order valence-corrected chi connectivity index (χ4v) is 2.72. The van der Waals surface area contributed by atoms with Gasteiger partial charge in [0.15, 0.2) is 0 Å². The number of aromatic nitrogens is 2. The van der Waals surface area contributed by atoms with Crippen LogP contribution in [0.2, 0.25) is 0 Å². The molecule has 1 N–H and O–H groups in total. The summed E-state index contributed by atoms with van der Waals surface area (Å²) < 4.78 is 2.01. The number of nitrogens with zero attached hydrogens (tertiary/aromatic N) is 4. The van der Waals surface area contributed by atoms with Crippen molar-refractivity contribution in [2.45, 2.75) is 32.2 Å². The van der Waals surface area contributed by atoms with Gasteiger partial charge in [0.2, 0.25) is 5.91 Å². The Kier molecular flexibility index (Phi) is 6.22. The van der Waals surface area contributed by atoms with Crippen LogP contribution >= 0.6 is 0 Å². The first-order chi connectivity index (χ1) is 10.3. The number of rotatable bonds is 7. The maximum absolute atomic E-state index is 12.2. The van der Waals surface area contributed by atoms with Gasteiger partial charge in [-0.2, -0.15) is 5.26 Å². The molecule has 1 aromatic rings. The monoisotopic (exact) mass is 289 g/mol. The number of nitrogens with one attached hydrogen (secondary N) is 1. The van der Waals surface area contributed by atoms with E-state index in [1.165, 1.54) is 0 Å². The molecule has 1 unspecified atom stereocenters. The van der Waals surface area contributed by atoms with Gasteiger partial charge in [0.25, 0.3) is 0 Å². The summed E-state index contributed by atoms with van der Waals surface area (Å²) in [6.45, 7) is 4.15. The zero-order chi connectivity index (χ0) is 14.9. The van der Waals surface area contributed by atoms with Gasteiger partial charge in [0.1, 0.15) is 0 Å². The van der Waals surface area contributed by atoms with Crippen LogP contribution in [0.1, 0.15) is 25.7 Å². The van der Waals surface area contributed by atoms with Gasteiger partial charge in [-0.15, -0.1) is 0 Å². The summed E-state index contributed by atoms with van der Waals surface area (Å²) >= 11 is 0. The van der Waals surface area contributed by atoms with E-state index in [2.05, 4.69) is 21.3 Å². The fraction of sp³-hybridized carbons (Fsp3) is 0.667. The molecule has 1 atom stereocenters. The minimum atomic E-state index is 0.0747. The first kappa shape index (κ1) is 15.5. The van der Waals surface area contributed by atoms with Crippen molar-refractivity contribution in [2.75, 3.05) is 26.2 Å². The molecule has 21 heavy (non-hydrogen) atoms. The summed E-state index contributed by atoms with van der Waals surface area (Å²) in [6, 6.07) is 2.16. The molecule has 0 spiro atoms. The van der Waals surface area contributed by atoms with Crippen molar-refractivity contribution in [1.82, 2.24) is 19.8 Å². The van der Waals surface area contributed by atoms with Crippen molar-refractivity contribution in [1.29, 1.82) is 5.26 Å². The lowest BCUT2D eigenvalue weighted by atomic mass is 9.97. The summed E-state index contributed by atoms with van der Waals surface area (Å²) in [5.41, 5.74) is 0. The Morgan fingerprint density at radius 1 is 1.48 bits per heavy atom. The first-order valence-corrected chi connectivity index (χ1v) is 7.62. The first-order valence-electron chi connectivity index (χ1n) is 7.62. The van der Waals surface area contributed by atoms with Crippen LogP contribution in [0.4, 0.5) is 0 Å². The summed E-state index contributed by atoms with van der Waals surface area (Å²) in [5, 5.41) is 11.7. The molecule has 0 bridgehead atoms. The number of aryl methyl sites for hydroxylation is 1. The molecule has 1 aliphatic rings. The van der Waals surface area contributed by atoms with Crippen LogP contribution in [-0.4, -0.2) is 46.5 Å². The molecule has 1 amide bonds. The topological polar surface area (TPSA) is 74.0 Å². The van der Waals surface area contributed by atoms with Gasteiger partial charge in [0, 0.05) is 45.0 Å². The van der Waals surface area contributed by atoms with Gasteiger partial charge < -0.3 is 14.8 Å². The molecule has 1 saturated heterocycles. The Labute approximate surface area is 125 Å². The molecule has 1 fully saturated rings.